The van der Waals surface area contributed by atoms with Crippen molar-refractivity contribution < 1.29 is 14.3 Å². The number of imidazole rings is 1. The molecule has 0 bridgehead atoms. The molecule has 2 aliphatic heterocycles. The summed E-state index contributed by atoms with van der Waals surface area (Å²) in [5, 5.41) is 0. The number of ether oxygens (including phenoxy) is 2. The summed E-state index contributed by atoms with van der Waals surface area (Å²) < 4.78 is 13.5. The van der Waals surface area contributed by atoms with Crippen molar-refractivity contribution in [3.8, 4) is 17.2 Å². The number of hydrogen-bond donors (Lipinski definition) is 0. The van der Waals surface area contributed by atoms with Gasteiger partial charge in [0.1, 0.15) is 18.1 Å². The number of rotatable bonds is 4. The molecular weight excluding hydrogens is 402 g/mol. The fraction of sp³-hybridized carbons (Fsp3) is 0.308. The number of amides is 1. The van der Waals surface area contributed by atoms with Crippen molar-refractivity contribution in [2.45, 2.75) is 32.2 Å². The Hall–Kier alpha value is -3.54. The summed E-state index contributed by atoms with van der Waals surface area (Å²) in [7, 11) is 1.66. The van der Waals surface area contributed by atoms with Gasteiger partial charge < -0.3 is 18.9 Å². The first kappa shape index (κ1) is 20.4. The number of methoxy groups -OCH3 is 1. The largest absolute Gasteiger partial charge is 0.495 e. The molecular formula is C26H27N3O3. The number of nitrogens with zero attached hydrogens (tertiary/aromatic N) is 3. The summed E-state index contributed by atoms with van der Waals surface area (Å²) in [5.74, 6) is 1.79. The van der Waals surface area contributed by atoms with Crippen LogP contribution in [0.5, 0.6) is 11.5 Å². The summed E-state index contributed by atoms with van der Waals surface area (Å²) in [5.41, 5.74) is 4.83. The van der Waals surface area contributed by atoms with Crippen LogP contribution in [0.2, 0.25) is 0 Å². The van der Waals surface area contributed by atoms with E-state index in [4.69, 9.17) is 9.47 Å². The van der Waals surface area contributed by atoms with E-state index >= 15 is 0 Å². The molecule has 32 heavy (non-hydrogen) atoms. The second-order valence-electron chi connectivity index (χ2n) is 8.40. The Bertz CT molecular complexity index is 1180. The fourth-order valence-corrected chi connectivity index (χ4v) is 4.58. The van der Waals surface area contributed by atoms with Gasteiger partial charge in [0, 0.05) is 18.3 Å². The SMILES string of the molecule is COc1cc(/C=C2\CCCN([C@@H]3COc4ccccc4C3)C2=O)ccc1-n1cnc(C)c1. The van der Waals surface area contributed by atoms with Crippen LogP contribution in [0.15, 0.2) is 60.6 Å². The first-order chi connectivity index (χ1) is 15.6. The van der Waals surface area contributed by atoms with E-state index in [1.165, 1.54) is 5.56 Å². The topological polar surface area (TPSA) is 56.6 Å². The molecule has 0 N–H and O–H groups in total. The molecule has 1 aromatic heterocycles. The van der Waals surface area contributed by atoms with Crippen molar-refractivity contribution in [2.75, 3.05) is 20.3 Å². The molecule has 2 aliphatic rings. The molecule has 164 valence electrons. The number of carbonyl (C=O) groups is 1. The highest BCUT2D eigenvalue weighted by Gasteiger charge is 2.32. The minimum absolute atomic E-state index is 0.0718. The monoisotopic (exact) mass is 429 g/mol. The number of carbonyl (C=O) groups excluding carboxylic acids is 1. The summed E-state index contributed by atoms with van der Waals surface area (Å²) in [6.45, 7) is 3.27. The lowest BCUT2D eigenvalue weighted by Crippen LogP contribution is -2.49. The Kier molecular flexibility index (Phi) is 5.43. The van der Waals surface area contributed by atoms with Gasteiger partial charge in [0.2, 0.25) is 5.91 Å². The van der Waals surface area contributed by atoms with Gasteiger partial charge in [-0.05, 0) is 61.6 Å². The number of para-hydroxylation sites is 1. The van der Waals surface area contributed by atoms with Crippen molar-refractivity contribution >= 4 is 12.0 Å². The molecule has 6 nitrogen and oxygen atoms in total. The minimum atomic E-state index is 0.0718. The second-order valence-corrected chi connectivity index (χ2v) is 8.40. The molecule has 1 atom stereocenters. The molecule has 6 heteroatoms. The number of aryl methyl sites for hydroxylation is 1. The summed E-state index contributed by atoms with van der Waals surface area (Å²) in [6.07, 6.45) is 8.31. The Morgan fingerprint density at radius 3 is 2.91 bits per heavy atom. The lowest BCUT2D eigenvalue weighted by Gasteiger charge is -2.38. The van der Waals surface area contributed by atoms with Crippen LogP contribution >= 0.6 is 0 Å². The third-order valence-electron chi connectivity index (χ3n) is 6.22. The lowest BCUT2D eigenvalue weighted by molar-refractivity contribution is -0.131. The van der Waals surface area contributed by atoms with Gasteiger partial charge in [0.15, 0.2) is 0 Å². The van der Waals surface area contributed by atoms with Crippen LogP contribution in [-0.4, -0.2) is 46.7 Å². The van der Waals surface area contributed by atoms with E-state index in [0.29, 0.717) is 6.61 Å². The molecule has 3 aromatic rings. The molecule has 0 spiro atoms. The Morgan fingerprint density at radius 2 is 2.09 bits per heavy atom. The Morgan fingerprint density at radius 1 is 1.22 bits per heavy atom. The third kappa shape index (κ3) is 3.88. The van der Waals surface area contributed by atoms with E-state index in [9.17, 15) is 4.79 Å². The van der Waals surface area contributed by atoms with Gasteiger partial charge in [0.25, 0.3) is 0 Å². The number of aromatic nitrogens is 2. The number of likely N-dealkylation sites (tertiary alicyclic amines) is 1. The summed E-state index contributed by atoms with van der Waals surface area (Å²) in [6, 6.07) is 14.2. The first-order valence-electron chi connectivity index (χ1n) is 11.0. The van der Waals surface area contributed by atoms with Crippen molar-refractivity contribution in [2.24, 2.45) is 0 Å². The number of fused-ring (bicyclic) bond motifs is 1. The number of piperidine rings is 1. The predicted octanol–water partition coefficient (Wildman–Crippen LogP) is 4.20. The molecule has 0 radical (unpaired) electrons. The molecule has 1 saturated heterocycles. The smallest absolute Gasteiger partial charge is 0.250 e. The van der Waals surface area contributed by atoms with Crippen LogP contribution in [0.4, 0.5) is 0 Å². The van der Waals surface area contributed by atoms with Crippen LogP contribution < -0.4 is 9.47 Å². The highest BCUT2D eigenvalue weighted by atomic mass is 16.5. The molecule has 0 aliphatic carbocycles. The van der Waals surface area contributed by atoms with E-state index in [0.717, 1.165) is 59.8 Å². The van der Waals surface area contributed by atoms with Crippen LogP contribution in [-0.2, 0) is 11.2 Å². The Labute approximate surface area is 188 Å². The molecule has 1 fully saturated rings. The third-order valence-corrected chi connectivity index (χ3v) is 6.22. The average Bonchev–Trinajstić information content (AvgIpc) is 3.26. The van der Waals surface area contributed by atoms with E-state index < -0.39 is 0 Å². The van der Waals surface area contributed by atoms with Crippen molar-refractivity contribution in [1.82, 2.24) is 14.5 Å². The first-order valence-corrected chi connectivity index (χ1v) is 11.0. The number of hydrogen-bond acceptors (Lipinski definition) is 4. The quantitative estimate of drug-likeness (QED) is 0.584. The van der Waals surface area contributed by atoms with Gasteiger partial charge in [0.05, 0.1) is 30.9 Å². The van der Waals surface area contributed by atoms with Gasteiger partial charge in [-0.2, -0.15) is 0 Å². The molecule has 3 heterocycles. The molecule has 1 amide bonds. The van der Waals surface area contributed by atoms with Crippen LogP contribution in [0.1, 0.15) is 29.7 Å². The van der Waals surface area contributed by atoms with E-state index in [2.05, 4.69) is 11.1 Å². The van der Waals surface area contributed by atoms with Gasteiger partial charge >= 0.3 is 0 Å². The highest BCUT2D eigenvalue weighted by Crippen LogP contribution is 2.31. The molecule has 0 unspecified atom stereocenters. The van der Waals surface area contributed by atoms with Gasteiger partial charge in [-0.15, -0.1) is 0 Å². The van der Waals surface area contributed by atoms with E-state index in [-0.39, 0.29) is 11.9 Å². The van der Waals surface area contributed by atoms with E-state index in [1.807, 2.05) is 65.1 Å². The lowest BCUT2D eigenvalue weighted by atomic mass is 9.95. The second kappa shape index (κ2) is 8.54. The van der Waals surface area contributed by atoms with E-state index in [1.54, 1.807) is 13.4 Å². The summed E-state index contributed by atoms with van der Waals surface area (Å²) >= 11 is 0. The normalized spacial score (nSPS) is 19.6. The minimum Gasteiger partial charge on any atom is -0.495 e. The maximum Gasteiger partial charge on any atom is 0.250 e. The van der Waals surface area contributed by atoms with Gasteiger partial charge in [-0.1, -0.05) is 24.3 Å². The number of benzene rings is 2. The maximum absolute atomic E-state index is 13.3. The van der Waals surface area contributed by atoms with Crippen LogP contribution in [0, 0.1) is 6.92 Å². The zero-order chi connectivity index (χ0) is 22.1. The zero-order valence-corrected chi connectivity index (χ0v) is 18.5. The van der Waals surface area contributed by atoms with Crippen molar-refractivity contribution in [3.63, 3.8) is 0 Å². The molecule has 2 aromatic carbocycles. The maximum atomic E-state index is 13.3. The zero-order valence-electron chi connectivity index (χ0n) is 18.5. The van der Waals surface area contributed by atoms with Gasteiger partial charge in [-0.25, -0.2) is 4.98 Å². The highest BCUT2D eigenvalue weighted by molar-refractivity contribution is 5.98. The molecule has 0 saturated carbocycles. The average molecular weight is 430 g/mol. The molecule has 5 rings (SSSR count). The Balaban J connectivity index is 1.38. The van der Waals surface area contributed by atoms with Gasteiger partial charge in [-0.3, -0.25) is 4.79 Å². The predicted molar refractivity (Wildman–Crippen MR) is 123 cm³/mol. The van der Waals surface area contributed by atoms with Crippen LogP contribution in [0.25, 0.3) is 11.8 Å². The summed E-state index contributed by atoms with van der Waals surface area (Å²) in [4.78, 5) is 19.6. The fourth-order valence-electron chi connectivity index (χ4n) is 4.58. The van der Waals surface area contributed by atoms with Crippen molar-refractivity contribution in [3.05, 3.63) is 77.4 Å². The van der Waals surface area contributed by atoms with Crippen molar-refractivity contribution in [1.29, 1.82) is 0 Å². The van der Waals surface area contributed by atoms with Crippen LogP contribution in [0.3, 0.4) is 0 Å². The standard InChI is InChI=1S/C26H27N3O3/c1-18-15-28(17-27-18)23-10-9-19(13-25(23)31-2)12-21-7-5-11-29(26(21)30)22-14-20-6-3-4-8-24(20)32-16-22/h3-4,6,8-10,12-13,15,17,22H,5,7,11,14,16H2,1-2H3/b21-12+/t22-/m0/s1.